The smallest absolute Gasteiger partial charge is 0.335 e. The van der Waals surface area contributed by atoms with Gasteiger partial charge in [-0.1, -0.05) is 41.4 Å². The van der Waals surface area contributed by atoms with Gasteiger partial charge in [-0.2, -0.15) is 18.3 Å². The summed E-state index contributed by atoms with van der Waals surface area (Å²) in [4.78, 5) is 21.8. The number of halogens is 5. The van der Waals surface area contributed by atoms with E-state index in [1.54, 1.807) is 22.4 Å². The standard InChI is InChI=1S/C23H18Cl2F3N5OS/c24-15-4-1-3-14(11-15)13-31-6-8-32(9-7-31)22(34)20-19(25)21-29-16(17-5-2-10-35-17)12-18(23(26,27)28)33(21)30-20/h1-5,10-12H,6-9,13H2. The molecule has 0 atom stereocenters. The van der Waals surface area contributed by atoms with Crippen LogP contribution < -0.4 is 0 Å². The van der Waals surface area contributed by atoms with E-state index in [-0.39, 0.29) is 22.1 Å². The summed E-state index contributed by atoms with van der Waals surface area (Å²) in [5.74, 6) is -0.520. The Bertz CT molecular complexity index is 1380. The molecule has 4 aromatic rings. The quantitative estimate of drug-likeness (QED) is 0.331. The third kappa shape index (κ3) is 4.88. The Morgan fingerprint density at radius 1 is 1.06 bits per heavy atom. The van der Waals surface area contributed by atoms with E-state index in [4.69, 9.17) is 23.2 Å². The molecule has 1 amide bonds. The van der Waals surface area contributed by atoms with Crippen LogP contribution in [0, 0.1) is 0 Å². The lowest BCUT2D eigenvalue weighted by molar-refractivity contribution is -0.142. The zero-order chi connectivity index (χ0) is 24.7. The number of benzene rings is 1. The van der Waals surface area contributed by atoms with Crippen molar-refractivity contribution in [2.24, 2.45) is 0 Å². The highest BCUT2D eigenvalue weighted by atomic mass is 35.5. The monoisotopic (exact) mass is 539 g/mol. The van der Waals surface area contributed by atoms with E-state index in [1.807, 2.05) is 24.3 Å². The number of hydrogen-bond acceptors (Lipinski definition) is 5. The van der Waals surface area contributed by atoms with E-state index in [2.05, 4.69) is 15.0 Å². The molecule has 1 fully saturated rings. The van der Waals surface area contributed by atoms with Crippen molar-refractivity contribution in [2.75, 3.05) is 26.2 Å². The summed E-state index contributed by atoms with van der Waals surface area (Å²) in [5, 5.41) is 6.17. The summed E-state index contributed by atoms with van der Waals surface area (Å²) in [7, 11) is 0. The number of hydrogen-bond donors (Lipinski definition) is 0. The fourth-order valence-electron chi connectivity index (χ4n) is 4.03. The highest BCUT2D eigenvalue weighted by molar-refractivity contribution is 7.13. The van der Waals surface area contributed by atoms with Gasteiger partial charge in [0.25, 0.3) is 5.91 Å². The molecule has 0 unspecified atom stereocenters. The molecule has 0 N–H and O–H groups in total. The fourth-order valence-corrected chi connectivity index (χ4v) is 5.17. The molecule has 0 radical (unpaired) electrons. The molecule has 1 aliphatic heterocycles. The van der Waals surface area contributed by atoms with Crippen molar-refractivity contribution in [1.82, 2.24) is 24.4 Å². The van der Waals surface area contributed by atoms with Gasteiger partial charge in [0.1, 0.15) is 5.02 Å². The van der Waals surface area contributed by atoms with Crippen LogP contribution in [0.15, 0.2) is 47.8 Å². The highest BCUT2D eigenvalue weighted by Crippen LogP contribution is 2.35. The van der Waals surface area contributed by atoms with Gasteiger partial charge in [0, 0.05) is 37.7 Å². The molecule has 0 saturated carbocycles. The van der Waals surface area contributed by atoms with E-state index < -0.39 is 17.8 Å². The Hall–Kier alpha value is -2.66. The van der Waals surface area contributed by atoms with Gasteiger partial charge >= 0.3 is 6.18 Å². The second-order valence-electron chi connectivity index (χ2n) is 8.10. The van der Waals surface area contributed by atoms with Crippen LogP contribution in [0.1, 0.15) is 21.7 Å². The van der Waals surface area contributed by atoms with Crippen molar-refractivity contribution >= 4 is 46.1 Å². The van der Waals surface area contributed by atoms with Gasteiger partial charge < -0.3 is 4.90 Å². The second-order valence-corrected chi connectivity index (χ2v) is 9.86. The van der Waals surface area contributed by atoms with Crippen molar-refractivity contribution in [3.63, 3.8) is 0 Å². The van der Waals surface area contributed by atoms with Gasteiger partial charge in [-0.25, -0.2) is 9.50 Å². The van der Waals surface area contributed by atoms with Gasteiger partial charge in [-0.05, 0) is 35.2 Å². The van der Waals surface area contributed by atoms with E-state index in [0.717, 1.165) is 11.6 Å². The van der Waals surface area contributed by atoms with Crippen LogP contribution in [-0.4, -0.2) is 56.5 Å². The van der Waals surface area contributed by atoms with Crippen LogP contribution in [0.25, 0.3) is 16.2 Å². The number of carbonyl (C=O) groups excluding carboxylic acids is 1. The molecule has 6 nitrogen and oxygen atoms in total. The van der Waals surface area contributed by atoms with Crippen LogP contribution in [0.2, 0.25) is 10.0 Å². The Morgan fingerprint density at radius 3 is 2.49 bits per heavy atom. The van der Waals surface area contributed by atoms with Gasteiger partial charge in [0.15, 0.2) is 17.0 Å². The van der Waals surface area contributed by atoms with Crippen molar-refractivity contribution < 1.29 is 18.0 Å². The number of alkyl halides is 3. The highest BCUT2D eigenvalue weighted by Gasteiger charge is 2.37. The molecular weight excluding hydrogens is 522 g/mol. The van der Waals surface area contributed by atoms with Gasteiger partial charge in [-0.15, -0.1) is 11.3 Å². The van der Waals surface area contributed by atoms with E-state index >= 15 is 0 Å². The molecule has 182 valence electrons. The minimum absolute atomic E-state index is 0.121. The van der Waals surface area contributed by atoms with Gasteiger partial charge in [0.2, 0.25) is 0 Å². The van der Waals surface area contributed by atoms with Crippen molar-refractivity contribution in [1.29, 1.82) is 0 Å². The minimum Gasteiger partial charge on any atom is -0.335 e. The summed E-state index contributed by atoms with van der Waals surface area (Å²) in [6, 6.07) is 11.9. The fraction of sp³-hybridized carbons (Fsp3) is 0.261. The predicted molar refractivity (Wildman–Crippen MR) is 129 cm³/mol. The Labute approximate surface area is 212 Å². The van der Waals surface area contributed by atoms with Crippen LogP contribution in [0.4, 0.5) is 13.2 Å². The van der Waals surface area contributed by atoms with Crippen LogP contribution in [0.3, 0.4) is 0 Å². The lowest BCUT2D eigenvalue weighted by Gasteiger charge is -2.34. The summed E-state index contributed by atoms with van der Waals surface area (Å²) in [6.45, 7) is 2.66. The maximum Gasteiger partial charge on any atom is 0.433 e. The molecule has 0 spiro atoms. The summed E-state index contributed by atoms with van der Waals surface area (Å²) < 4.78 is 42.2. The number of aromatic nitrogens is 3. The first kappa shape index (κ1) is 24.1. The zero-order valence-electron chi connectivity index (χ0n) is 18.1. The normalized spacial score (nSPS) is 15.2. The van der Waals surface area contributed by atoms with Crippen LogP contribution in [-0.2, 0) is 12.7 Å². The Balaban J connectivity index is 1.40. The molecule has 3 aromatic heterocycles. The molecule has 12 heteroatoms. The van der Waals surface area contributed by atoms with Crippen LogP contribution in [0.5, 0.6) is 0 Å². The molecule has 35 heavy (non-hydrogen) atoms. The Morgan fingerprint density at radius 2 is 1.83 bits per heavy atom. The SMILES string of the molecule is O=C(c1nn2c(C(F)(F)F)cc(-c3cccs3)nc2c1Cl)N1CCN(Cc2cccc(Cl)c2)CC1. The van der Waals surface area contributed by atoms with Crippen molar-refractivity contribution in [2.45, 2.75) is 12.7 Å². The summed E-state index contributed by atoms with van der Waals surface area (Å²) >= 11 is 13.7. The second kappa shape index (κ2) is 9.42. The molecule has 4 heterocycles. The van der Waals surface area contributed by atoms with Gasteiger partial charge in [0.05, 0.1) is 10.6 Å². The first-order valence-corrected chi connectivity index (χ1v) is 12.3. The Kier molecular flexibility index (Phi) is 6.47. The van der Waals surface area contributed by atoms with Gasteiger partial charge in [-0.3, -0.25) is 9.69 Å². The molecule has 1 aliphatic rings. The number of amides is 1. The van der Waals surface area contributed by atoms with E-state index in [1.165, 1.54) is 11.3 Å². The number of rotatable bonds is 4. The van der Waals surface area contributed by atoms with E-state index in [0.29, 0.717) is 47.1 Å². The number of nitrogens with zero attached hydrogens (tertiary/aromatic N) is 5. The predicted octanol–water partition coefficient (Wildman–Crippen LogP) is 5.74. The van der Waals surface area contributed by atoms with Crippen LogP contribution >= 0.6 is 34.5 Å². The molecule has 5 rings (SSSR count). The zero-order valence-corrected chi connectivity index (χ0v) is 20.4. The third-order valence-corrected chi connectivity index (χ3v) is 7.23. The van der Waals surface area contributed by atoms with E-state index in [9.17, 15) is 18.0 Å². The van der Waals surface area contributed by atoms with Crippen molar-refractivity contribution in [3.8, 4) is 10.6 Å². The number of fused-ring (bicyclic) bond motifs is 1. The third-order valence-electron chi connectivity index (χ3n) is 5.75. The average Bonchev–Trinajstić information content (AvgIpc) is 3.47. The molecule has 1 aromatic carbocycles. The first-order valence-electron chi connectivity index (χ1n) is 10.7. The lowest BCUT2D eigenvalue weighted by Crippen LogP contribution is -2.48. The maximum absolute atomic E-state index is 13.8. The largest absolute Gasteiger partial charge is 0.433 e. The molecular formula is C23H18Cl2F3N5OS. The topological polar surface area (TPSA) is 53.7 Å². The molecule has 0 aliphatic carbocycles. The van der Waals surface area contributed by atoms with Crippen molar-refractivity contribution in [3.05, 3.63) is 74.8 Å². The summed E-state index contributed by atoms with van der Waals surface area (Å²) in [5.41, 5.74) is -0.300. The molecule has 0 bridgehead atoms. The lowest BCUT2D eigenvalue weighted by atomic mass is 10.2. The number of carbonyl (C=O) groups is 1. The number of piperazine rings is 1. The molecule has 1 saturated heterocycles. The maximum atomic E-state index is 13.8. The first-order chi connectivity index (χ1) is 16.7. The number of thiophene rings is 1. The summed E-state index contributed by atoms with van der Waals surface area (Å²) in [6.07, 6.45) is -4.71. The average molecular weight is 540 g/mol. The minimum atomic E-state index is -4.71.